The van der Waals surface area contributed by atoms with Gasteiger partial charge in [-0.05, 0) is 50.9 Å². The normalized spacial score (nSPS) is 11.9. The number of imidazole rings is 1. The van der Waals surface area contributed by atoms with Gasteiger partial charge in [0.15, 0.2) is 0 Å². The van der Waals surface area contributed by atoms with Gasteiger partial charge in [0.05, 0.1) is 11.0 Å². The van der Waals surface area contributed by atoms with Gasteiger partial charge >= 0.3 is 0 Å². The Hall–Kier alpha value is -5.77. The van der Waals surface area contributed by atoms with Crippen molar-refractivity contribution in [3.05, 3.63) is 158 Å². The molecule has 0 aliphatic heterocycles. The fourth-order valence-corrected chi connectivity index (χ4v) is 8.56. The Morgan fingerprint density at radius 2 is 1.02 bits per heavy atom. The molecule has 2 aromatic heterocycles. The Labute approximate surface area is 269 Å². The molecule has 0 fully saturated rings. The topological polar surface area (TPSA) is 17.8 Å². The average Bonchev–Trinajstić information content (AvgIpc) is 3.71. The van der Waals surface area contributed by atoms with E-state index in [-0.39, 0.29) is 0 Å². The molecule has 0 unspecified atom stereocenters. The Balaban J connectivity index is 1.27. The molecule has 0 atom stereocenters. The molecule has 2 heterocycles. The second-order valence-corrected chi connectivity index (χ2v) is 13.0. The van der Waals surface area contributed by atoms with Crippen LogP contribution in [0.2, 0.25) is 0 Å². The third-order valence-corrected chi connectivity index (χ3v) is 10.6. The van der Waals surface area contributed by atoms with Crippen LogP contribution in [-0.2, 0) is 0 Å². The summed E-state index contributed by atoms with van der Waals surface area (Å²) in [7, 11) is 0. The molecule has 10 rings (SSSR count). The van der Waals surface area contributed by atoms with Crippen LogP contribution in [0.5, 0.6) is 0 Å². The van der Waals surface area contributed by atoms with Crippen LogP contribution in [0.3, 0.4) is 0 Å². The first-order valence-electron chi connectivity index (χ1n) is 15.6. The number of hydrogen-bond acceptors (Lipinski definition) is 2. The summed E-state index contributed by atoms with van der Waals surface area (Å²) in [6.45, 7) is 0. The standard InChI is InChI=1S/C43H26N2S/c1-2-13-30-27(11-1)12-9-21-38(30)43-44-40-35-17-5-3-14-32(35)33-15-4-6-18-36(33)41(40)45(43)29-25-23-28(24-26-29)31-19-10-20-37-34-16-7-8-22-39(34)46-42(31)37/h1-26H. The molecule has 0 aliphatic rings. The lowest BCUT2D eigenvalue weighted by atomic mass is 9.99. The van der Waals surface area contributed by atoms with Gasteiger partial charge in [0.1, 0.15) is 5.82 Å². The van der Waals surface area contributed by atoms with Crippen LogP contribution in [0, 0.1) is 0 Å². The largest absolute Gasteiger partial charge is 0.292 e. The molecule has 2 nitrogen and oxygen atoms in total. The molecule has 46 heavy (non-hydrogen) atoms. The van der Waals surface area contributed by atoms with Crippen molar-refractivity contribution >= 4 is 74.9 Å². The van der Waals surface area contributed by atoms with Crippen LogP contribution in [0.25, 0.3) is 91.7 Å². The number of nitrogens with zero attached hydrogens (tertiary/aromatic N) is 2. The van der Waals surface area contributed by atoms with Crippen molar-refractivity contribution < 1.29 is 0 Å². The molecular formula is C43H26N2S. The van der Waals surface area contributed by atoms with Crippen molar-refractivity contribution in [1.29, 1.82) is 0 Å². The number of fused-ring (bicyclic) bond motifs is 10. The van der Waals surface area contributed by atoms with Crippen molar-refractivity contribution in [2.75, 3.05) is 0 Å². The van der Waals surface area contributed by atoms with E-state index < -0.39 is 0 Å². The van der Waals surface area contributed by atoms with Crippen LogP contribution in [0.4, 0.5) is 0 Å². The Kier molecular flexibility index (Phi) is 5.48. The first-order valence-corrected chi connectivity index (χ1v) is 16.5. The maximum Gasteiger partial charge on any atom is 0.146 e. The van der Waals surface area contributed by atoms with Gasteiger partial charge in [-0.3, -0.25) is 4.57 Å². The SMILES string of the molecule is c1ccc2c(-c3nc4c5ccccc5c5ccccc5c4n3-c3ccc(-c4cccc5c4sc4ccccc45)cc3)cccc2c1. The summed E-state index contributed by atoms with van der Waals surface area (Å²) in [5.74, 6) is 0.952. The van der Waals surface area contributed by atoms with E-state index in [1.165, 1.54) is 63.6 Å². The number of hydrogen-bond donors (Lipinski definition) is 0. The van der Waals surface area contributed by atoms with Gasteiger partial charge in [0.2, 0.25) is 0 Å². The lowest BCUT2D eigenvalue weighted by Crippen LogP contribution is -1.99. The maximum atomic E-state index is 5.50. The predicted molar refractivity (Wildman–Crippen MR) is 197 cm³/mol. The van der Waals surface area contributed by atoms with Crippen LogP contribution < -0.4 is 0 Å². The monoisotopic (exact) mass is 602 g/mol. The van der Waals surface area contributed by atoms with E-state index in [1.54, 1.807) is 0 Å². The summed E-state index contributed by atoms with van der Waals surface area (Å²) in [5, 5.41) is 9.89. The van der Waals surface area contributed by atoms with Crippen molar-refractivity contribution in [3.8, 4) is 28.2 Å². The zero-order chi connectivity index (χ0) is 30.2. The Morgan fingerprint density at radius 3 is 1.85 bits per heavy atom. The van der Waals surface area contributed by atoms with Crippen molar-refractivity contribution in [1.82, 2.24) is 9.55 Å². The second-order valence-electron chi connectivity index (χ2n) is 11.9. The molecule has 0 N–H and O–H groups in total. The Morgan fingerprint density at radius 1 is 0.435 bits per heavy atom. The second kappa shape index (κ2) is 9.87. The van der Waals surface area contributed by atoms with Gasteiger partial charge in [0.25, 0.3) is 0 Å². The highest BCUT2D eigenvalue weighted by atomic mass is 32.1. The van der Waals surface area contributed by atoms with Crippen LogP contribution >= 0.6 is 11.3 Å². The zero-order valence-corrected chi connectivity index (χ0v) is 25.6. The third kappa shape index (κ3) is 3.67. The highest BCUT2D eigenvalue weighted by Crippen LogP contribution is 2.42. The first-order chi connectivity index (χ1) is 22.8. The number of thiophene rings is 1. The van der Waals surface area contributed by atoms with Gasteiger partial charge in [0, 0.05) is 42.2 Å². The summed E-state index contributed by atoms with van der Waals surface area (Å²) in [4.78, 5) is 5.50. The van der Waals surface area contributed by atoms with Crippen molar-refractivity contribution in [2.45, 2.75) is 0 Å². The van der Waals surface area contributed by atoms with Gasteiger partial charge in [-0.15, -0.1) is 11.3 Å². The summed E-state index contributed by atoms with van der Waals surface area (Å²) in [6.07, 6.45) is 0. The molecule has 10 aromatic rings. The van der Waals surface area contributed by atoms with Gasteiger partial charge in [-0.1, -0.05) is 140 Å². The highest BCUT2D eigenvalue weighted by molar-refractivity contribution is 7.26. The minimum atomic E-state index is 0.952. The first kappa shape index (κ1) is 25.5. The number of benzene rings is 8. The van der Waals surface area contributed by atoms with Crippen LogP contribution in [0.15, 0.2) is 158 Å². The summed E-state index contributed by atoms with van der Waals surface area (Å²) in [5.41, 5.74) is 6.87. The van der Waals surface area contributed by atoms with Crippen molar-refractivity contribution in [2.24, 2.45) is 0 Å². The van der Waals surface area contributed by atoms with E-state index in [9.17, 15) is 0 Å². The lowest BCUT2D eigenvalue weighted by Gasteiger charge is -2.14. The minimum absolute atomic E-state index is 0.952. The molecule has 0 spiro atoms. The fraction of sp³-hybridized carbons (Fsp3) is 0. The predicted octanol–water partition coefficient (Wildman–Crippen LogP) is 12.2. The lowest BCUT2D eigenvalue weighted by molar-refractivity contribution is 1.11. The fourth-order valence-electron chi connectivity index (χ4n) is 7.32. The molecule has 214 valence electrons. The van der Waals surface area contributed by atoms with E-state index in [4.69, 9.17) is 4.98 Å². The zero-order valence-electron chi connectivity index (χ0n) is 24.8. The third-order valence-electron chi connectivity index (χ3n) is 9.40. The van der Waals surface area contributed by atoms with E-state index >= 15 is 0 Å². The van der Waals surface area contributed by atoms with Gasteiger partial charge in [-0.2, -0.15) is 0 Å². The van der Waals surface area contributed by atoms with Crippen LogP contribution in [0.1, 0.15) is 0 Å². The van der Waals surface area contributed by atoms with Gasteiger partial charge < -0.3 is 0 Å². The summed E-state index contributed by atoms with van der Waals surface area (Å²) < 4.78 is 5.04. The van der Waals surface area contributed by atoms with Crippen molar-refractivity contribution in [3.63, 3.8) is 0 Å². The summed E-state index contributed by atoms with van der Waals surface area (Å²) >= 11 is 1.88. The average molecular weight is 603 g/mol. The van der Waals surface area contributed by atoms with Crippen LogP contribution in [-0.4, -0.2) is 9.55 Å². The molecule has 3 heteroatoms. The number of aromatic nitrogens is 2. The molecule has 0 bridgehead atoms. The maximum absolute atomic E-state index is 5.50. The highest BCUT2D eigenvalue weighted by Gasteiger charge is 2.21. The minimum Gasteiger partial charge on any atom is -0.292 e. The molecular weight excluding hydrogens is 577 g/mol. The van der Waals surface area contributed by atoms with E-state index in [2.05, 4.69) is 162 Å². The molecule has 0 saturated heterocycles. The molecule has 0 saturated carbocycles. The summed E-state index contributed by atoms with van der Waals surface area (Å²) in [6, 6.07) is 57.0. The van der Waals surface area contributed by atoms with Gasteiger partial charge in [-0.25, -0.2) is 4.98 Å². The Bertz CT molecular complexity index is 2800. The molecule has 0 amide bonds. The molecule has 0 aliphatic carbocycles. The number of rotatable bonds is 3. The van der Waals surface area contributed by atoms with E-state index in [1.807, 2.05) is 11.3 Å². The molecule has 0 radical (unpaired) electrons. The van der Waals surface area contributed by atoms with E-state index in [0.717, 1.165) is 28.1 Å². The quantitative estimate of drug-likeness (QED) is 0.184. The smallest absolute Gasteiger partial charge is 0.146 e. The van der Waals surface area contributed by atoms with E-state index in [0.29, 0.717) is 0 Å². The molecule has 8 aromatic carbocycles.